The molecule has 172 valence electrons. The summed E-state index contributed by atoms with van der Waals surface area (Å²) in [7, 11) is 1.42. The number of hydroxylamine groups is 1. The summed E-state index contributed by atoms with van der Waals surface area (Å²) >= 11 is 0. The van der Waals surface area contributed by atoms with Crippen LogP contribution in [0.5, 0.6) is 0 Å². The van der Waals surface area contributed by atoms with E-state index in [1.165, 1.54) is 7.11 Å². The Hall–Kier alpha value is -0.440. The summed E-state index contributed by atoms with van der Waals surface area (Å²) in [5, 5.41) is 40.2. The fourth-order valence-corrected chi connectivity index (χ4v) is 3.84. The van der Waals surface area contributed by atoms with Crippen LogP contribution in [-0.4, -0.2) is 103 Å². The number of methoxy groups -OCH3 is 1. The summed E-state index contributed by atoms with van der Waals surface area (Å²) in [6, 6.07) is -1.42. The molecule has 0 spiro atoms. The number of aliphatic hydroxyl groups excluding tert-OH is 4. The lowest BCUT2D eigenvalue weighted by molar-refractivity contribution is -0.276. The average Bonchev–Trinajstić information content (AvgIpc) is 2.73. The SMILES string of the molecule is CCONC1[C@H](OCC[C@@H]2C(CO)O[C@@H](OC)C(N)[C@H]2O)OC(CO)[C@@H](C)[C@@H]1O. The van der Waals surface area contributed by atoms with Crippen molar-refractivity contribution in [1.29, 1.82) is 0 Å². The van der Waals surface area contributed by atoms with Crippen molar-refractivity contribution in [2.75, 3.05) is 33.5 Å². The molecule has 11 heteroatoms. The number of hydrogen-bond donors (Lipinski definition) is 6. The Morgan fingerprint density at radius 3 is 2.28 bits per heavy atom. The highest BCUT2D eigenvalue weighted by Crippen LogP contribution is 2.30. The summed E-state index contributed by atoms with van der Waals surface area (Å²) in [6.07, 6.45) is -4.40. The minimum atomic E-state index is -0.949. The second-order valence-electron chi connectivity index (χ2n) is 7.50. The first-order valence-electron chi connectivity index (χ1n) is 10.1. The van der Waals surface area contributed by atoms with Gasteiger partial charge in [-0.25, -0.2) is 0 Å². The second kappa shape index (κ2) is 11.8. The van der Waals surface area contributed by atoms with Gasteiger partial charge in [-0.15, -0.1) is 0 Å². The van der Waals surface area contributed by atoms with Gasteiger partial charge in [0.25, 0.3) is 0 Å². The Labute approximate surface area is 171 Å². The number of nitrogens with one attached hydrogen (secondary N) is 1. The van der Waals surface area contributed by atoms with E-state index < -0.39 is 55.0 Å². The third-order valence-electron chi connectivity index (χ3n) is 5.72. The van der Waals surface area contributed by atoms with Crippen molar-refractivity contribution in [3.8, 4) is 0 Å². The first-order chi connectivity index (χ1) is 13.9. The topological polar surface area (TPSA) is 165 Å². The van der Waals surface area contributed by atoms with E-state index in [0.717, 1.165) is 0 Å². The first kappa shape index (κ1) is 24.8. The molecule has 0 saturated carbocycles. The van der Waals surface area contributed by atoms with Crippen molar-refractivity contribution in [1.82, 2.24) is 5.48 Å². The number of ether oxygens (including phenoxy) is 4. The zero-order valence-electron chi connectivity index (χ0n) is 17.2. The monoisotopic (exact) mass is 424 g/mol. The molecular weight excluding hydrogens is 388 g/mol. The standard InChI is InChI=1S/C18H36N2O9/c1-4-27-20-14-15(23)9(2)11(7-21)28-18(14)26-6-5-10-12(8-22)29-17(25-3)13(19)16(10)24/h9-18,20-24H,4-8,19H2,1-3H3/t9-,10-,11?,12?,13?,14?,15+,16+,17-,18-/m1/s1. The summed E-state index contributed by atoms with van der Waals surface area (Å²) in [5.74, 6) is -0.796. The van der Waals surface area contributed by atoms with Gasteiger partial charge in [0.2, 0.25) is 0 Å². The van der Waals surface area contributed by atoms with Gasteiger partial charge in [0.1, 0.15) is 6.04 Å². The van der Waals surface area contributed by atoms with Crippen LogP contribution in [0, 0.1) is 11.8 Å². The lowest BCUT2D eigenvalue weighted by atomic mass is 9.86. The van der Waals surface area contributed by atoms with Crippen LogP contribution in [0.2, 0.25) is 0 Å². The van der Waals surface area contributed by atoms with Crippen molar-refractivity contribution in [3.63, 3.8) is 0 Å². The highest BCUT2D eigenvalue weighted by atomic mass is 16.7. The highest BCUT2D eigenvalue weighted by molar-refractivity contribution is 4.92. The second-order valence-corrected chi connectivity index (χ2v) is 7.50. The number of aliphatic hydroxyl groups is 4. The molecule has 0 aromatic carbocycles. The molecule has 2 aliphatic rings. The van der Waals surface area contributed by atoms with Crippen LogP contribution in [0.4, 0.5) is 0 Å². The smallest absolute Gasteiger partial charge is 0.178 e. The summed E-state index contributed by atoms with van der Waals surface area (Å²) in [5.41, 5.74) is 8.72. The largest absolute Gasteiger partial charge is 0.394 e. The Bertz CT molecular complexity index is 473. The number of hydrogen-bond acceptors (Lipinski definition) is 11. The van der Waals surface area contributed by atoms with E-state index in [2.05, 4.69) is 5.48 Å². The van der Waals surface area contributed by atoms with Gasteiger partial charge in [-0.2, -0.15) is 5.48 Å². The molecule has 0 aromatic heterocycles. The van der Waals surface area contributed by atoms with E-state index in [0.29, 0.717) is 13.0 Å². The Morgan fingerprint density at radius 2 is 1.69 bits per heavy atom. The third kappa shape index (κ3) is 5.83. The van der Waals surface area contributed by atoms with E-state index in [1.54, 1.807) is 13.8 Å². The van der Waals surface area contributed by atoms with E-state index in [-0.39, 0.29) is 25.7 Å². The van der Waals surface area contributed by atoms with E-state index >= 15 is 0 Å². The molecule has 7 N–H and O–H groups in total. The van der Waals surface area contributed by atoms with Crippen molar-refractivity contribution in [3.05, 3.63) is 0 Å². The minimum Gasteiger partial charge on any atom is -0.394 e. The number of nitrogens with two attached hydrogens (primary N) is 1. The Kier molecular flexibility index (Phi) is 10.1. The fraction of sp³-hybridized carbons (Fsp3) is 1.00. The normalized spacial score (nSPS) is 43.4. The molecule has 2 heterocycles. The maximum absolute atomic E-state index is 10.6. The van der Waals surface area contributed by atoms with Gasteiger partial charge < -0.3 is 49.9 Å². The van der Waals surface area contributed by atoms with Crippen molar-refractivity contribution in [2.45, 2.75) is 69.3 Å². The summed E-state index contributed by atoms with van der Waals surface area (Å²) in [6.45, 7) is 3.54. The van der Waals surface area contributed by atoms with E-state index in [9.17, 15) is 20.4 Å². The Morgan fingerprint density at radius 1 is 1.03 bits per heavy atom. The average molecular weight is 424 g/mol. The molecule has 29 heavy (non-hydrogen) atoms. The van der Waals surface area contributed by atoms with Crippen molar-refractivity contribution < 1.29 is 44.2 Å². The summed E-state index contributed by atoms with van der Waals surface area (Å²) < 4.78 is 22.3. The quantitative estimate of drug-likeness (QED) is 0.209. The molecule has 10 atom stereocenters. The zero-order valence-corrected chi connectivity index (χ0v) is 17.2. The predicted molar refractivity (Wildman–Crippen MR) is 100 cm³/mol. The molecule has 0 aliphatic carbocycles. The van der Waals surface area contributed by atoms with E-state index in [4.69, 9.17) is 29.5 Å². The van der Waals surface area contributed by atoms with Gasteiger partial charge in [-0.1, -0.05) is 6.92 Å². The van der Waals surface area contributed by atoms with Gasteiger partial charge in [-0.05, 0) is 13.3 Å². The van der Waals surface area contributed by atoms with Crippen LogP contribution in [-0.2, 0) is 23.8 Å². The van der Waals surface area contributed by atoms with Crippen LogP contribution in [0.15, 0.2) is 0 Å². The van der Waals surface area contributed by atoms with Gasteiger partial charge >= 0.3 is 0 Å². The van der Waals surface area contributed by atoms with Crippen LogP contribution < -0.4 is 11.2 Å². The lowest BCUT2D eigenvalue weighted by Gasteiger charge is -2.44. The molecule has 0 amide bonds. The summed E-state index contributed by atoms with van der Waals surface area (Å²) in [4.78, 5) is 5.22. The molecule has 0 bridgehead atoms. The molecule has 2 fully saturated rings. The first-order valence-corrected chi connectivity index (χ1v) is 10.1. The highest BCUT2D eigenvalue weighted by Gasteiger charge is 2.45. The maximum Gasteiger partial charge on any atom is 0.178 e. The zero-order chi connectivity index (χ0) is 21.6. The van der Waals surface area contributed by atoms with Gasteiger partial charge in [0, 0.05) is 18.9 Å². The molecule has 2 saturated heterocycles. The lowest BCUT2D eigenvalue weighted by Crippen LogP contribution is -2.61. The molecule has 2 aliphatic heterocycles. The third-order valence-corrected chi connectivity index (χ3v) is 5.72. The predicted octanol–water partition coefficient (Wildman–Crippen LogP) is -2.31. The van der Waals surface area contributed by atoms with Crippen LogP contribution in [0.25, 0.3) is 0 Å². The van der Waals surface area contributed by atoms with Crippen molar-refractivity contribution >= 4 is 0 Å². The van der Waals surface area contributed by atoms with E-state index in [1.807, 2.05) is 0 Å². The van der Waals surface area contributed by atoms with Crippen molar-refractivity contribution in [2.24, 2.45) is 17.6 Å². The van der Waals surface area contributed by atoms with Gasteiger partial charge in [0.05, 0.1) is 56.9 Å². The van der Waals surface area contributed by atoms with Gasteiger partial charge in [0.15, 0.2) is 12.6 Å². The fourth-order valence-electron chi connectivity index (χ4n) is 3.84. The molecule has 0 radical (unpaired) electrons. The molecule has 4 unspecified atom stereocenters. The Balaban J connectivity index is 1.98. The molecule has 11 nitrogen and oxygen atoms in total. The van der Waals surface area contributed by atoms with Crippen LogP contribution in [0.3, 0.4) is 0 Å². The van der Waals surface area contributed by atoms with Gasteiger partial charge in [-0.3, -0.25) is 0 Å². The molecule has 2 rings (SSSR count). The van der Waals surface area contributed by atoms with Crippen LogP contribution >= 0.6 is 0 Å². The molecular formula is C18H36N2O9. The molecule has 0 aromatic rings. The minimum absolute atomic E-state index is 0.139. The van der Waals surface area contributed by atoms with Crippen LogP contribution in [0.1, 0.15) is 20.3 Å². The number of rotatable bonds is 10. The maximum atomic E-state index is 10.6.